The number of allylic oxidation sites excluding steroid dienone is 1. The van der Waals surface area contributed by atoms with Crippen LogP contribution in [0.5, 0.6) is 0 Å². The monoisotopic (exact) mass is 785 g/mol. The second-order valence-electron chi connectivity index (χ2n) is 14.7. The summed E-state index contributed by atoms with van der Waals surface area (Å²) in [4.78, 5) is 52.5. The third-order valence-corrected chi connectivity index (χ3v) is 12.3. The Morgan fingerprint density at radius 3 is 2.59 bits per heavy atom. The van der Waals surface area contributed by atoms with Crippen molar-refractivity contribution in [3.8, 4) is 11.8 Å². The number of aromatic nitrogens is 1. The van der Waals surface area contributed by atoms with Crippen LogP contribution < -0.4 is 10.6 Å². The predicted octanol–water partition coefficient (Wildman–Crippen LogP) is 5.79. The molecule has 8 rings (SSSR count). The molecule has 1 aromatic heterocycles. The van der Waals surface area contributed by atoms with Crippen LogP contribution in [0.4, 0.5) is 5.69 Å². The SMILES string of the molecule is CC(=N)N1C(=N)[C@H](C)N=C(c2ccc(Cl)cc2)C2=C1SC(C#Cc1ccc(CN3CC(=CNc4cccc5c4CN(C4CCC(=O)NC4=O)C5=O)C3)cn1)C2C. The summed E-state index contributed by atoms with van der Waals surface area (Å²) in [6, 6.07) is 16.1. The third kappa shape index (κ3) is 7.16. The number of anilines is 1. The van der Waals surface area contributed by atoms with Crippen molar-refractivity contribution in [3.63, 3.8) is 0 Å². The fourth-order valence-corrected chi connectivity index (χ4v) is 9.27. The molecule has 284 valence electrons. The Balaban J connectivity index is 0.885. The van der Waals surface area contributed by atoms with Crippen molar-refractivity contribution in [2.24, 2.45) is 10.9 Å². The van der Waals surface area contributed by atoms with Gasteiger partial charge in [-0.3, -0.25) is 45.3 Å². The van der Waals surface area contributed by atoms with Gasteiger partial charge >= 0.3 is 0 Å². The summed E-state index contributed by atoms with van der Waals surface area (Å²) in [5, 5.41) is 24.5. The zero-order valence-corrected chi connectivity index (χ0v) is 32.7. The summed E-state index contributed by atoms with van der Waals surface area (Å²) in [6.45, 7) is 8.37. The highest BCUT2D eigenvalue weighted by molar-refractivity contribution is 8.04. The van der Waals surface area contributed by atoms with Gasteiger partial charge in [0.25, 0.3) is 5.91 Å². The Kier molecular flexibility index (Phi) is 10.1. The fourth-order valence-electron chi connectivity index (χ4n) is 7.69. The number of halogens is 1. The Morgan fingerprint density at radius 1 is 1.09 bits per heavy atom. The van der Waals surface area contributed by atoms with E-state index in [9.17, 15) is 14.4 Å². The van der Waals surface area contributed by atoms with E-state index in [1.807, 2.05) is 61.8 Å². The molecule has 12 nitrogen and oxygen atoms in total. The van der Waals surface area contributed by atoms with Gasteiger partial charge in [-0.25, -0.2) is 4.98 Å². The van der Waals surface area contributed by atoms with Crippen molar-refractivity contribution >= 4 is 64.2 Å². The number of carbonyl (C=O) groups excluding carboxylic acids is 3. The fraction of sp³-hybridized carbons (Fsp3) is 0.310. The summed E-state index contributed by atoms with van der Waals surface area (Å²) in [5.74, 6) is 6.33. The van der Waals surface area contributed by atoms with Crippen LogP contribution in [0.15, 0.2) is 88.2 Å². The number of aliphatic imine (C=N–C) groups is 1. The number of nitrogens with one attached hydrogen (secondary N) is 4. The topological polar surface area (TPSA) is 158 Å². The lowest BCUT2D eigenvalue weighted by molar-refractivity contribution is -0.136. The van der Waals surface area contributed by atoms with Crippen LogP contribution in [0.25, 0.3) is 0 Å². The first kappa shape index (κ1) is 37.4. The molecular weight excluding hydrogens is 746 g/mol. The smallest absolute Gasteiger partial charge is 0.255 e. The average molecular weight is 786 g/mol. The molecule has 2 fully saturated rings. The Hall–Kier alpha value is -5.55. The zero-order valence-electron chi connectivity index (χ0n) is 31.1. The maximum absolute atomic E-state index is 13.2. The first-order valence-corrected chi connectivity index (χ1v) is 19.8. The number of likely N-dealkylation sites (tertiary alicyclic amines) is 1. The number of rotatable bonds is 6. The van der Waals surface area contributed by atoms with Crippen LogP contribution >= 0.6 is 23.4 Å². The van der Waals surface area contributed by atoms with E-state index in [1.165, 1.54) is 5.57 Å². The molecular formula is C42H40ClN9O3S. The molecule has 0 bridgehead atoms. The molecule has 2 saturated heterocycles. The first-order valence-electron chi connectivity index (χ1n) is 18.5. The van der Waals surface area contributed by atoms with Gasteiger partial charge in [-0.1, -0.05) is 60.5 Å². The molecule has 0 spiro atoms. The van der Waals surface area contributed by atoms with Crippen LogP contribution in [-0.2, 0) is 22.7 Å². The molecule has 0 aliphatic carbocycles. The minimum Gasteiger partial charge on any atom is -0.361 e. The highest BCUT2D eigenvalue weighted by atomic mass is 35.5. The summed E-state index contributed by atoms with van der Waals surface area (Å²) in [6.07, 6.45) is 4.42. The van der Waals surface area contributed by atoms with E-state index in [0.717, 1.165) is 58.3 Å². The molecule has 5 aliphatic rings. The van der Waals surface area contributed by atoms with Crippen LogP contribution in [-0.4, -0.2) is 85.2 Å². The lowest BCUT2D eigenvalue weighted by Crippen LogP contribution is -2.52. The molecule has 5 aliphatic heterocycles. The standard InChI is InChI=1S/C42H40ClN9O3S/c1-23-35(56-42-37(23)38(28-8-10-29(43)11-9-28)48-24(2)39(45)52(42)25(3)44)15-13-30-12-7-26(17-46-30)19-50-20-27(21-50)18-47-33-6-4-5-31-32(33)22-51(41(31)55)34-14-16-36(53)49-40(34)54/h4-12,17-18,23-24,34-35,44-45,47H,14,16,19-22H2,1-3H3,(H,49,53,54)/t23?,24-,34?,35?/m0/s1. The van der Waals surface area contributed by atoms with Crippen molar-refractivity contribution in [1.82, 2.24) is 25.0 Å². The van der Waals surface area contributed by atoms with Gasteiger partial charge in [-0.05, 0) is 67.7 Å². The number of fused-ring (bicyclic) bond motifs is 1. The molecule has 6 heterocycles. The highest BCUT2D eigenvalue weighted by Crippen LogP contribution is 2.46. The Morgan fingerprint density at radius 2 is 1.88 bits per heavy atom. The molecule has 56 heavy (non-hydrogen) atoms. The Bertz CT molecular complexity index is 2340. The number of piperidine rings is 1. The quantitative estimate of drug-likeness (QED) is 0.106. The molecule has 0 radical (unpaired) electrons. The lowest BCUT2D eigenvalue weighted by Gasteiger charge is -2.34. The van der Waals surface area contributed by atoms with Crippen molar-refractivity contribution < 1.29 is 14.4 Å². The van der Waals surface area contributed by atoms with Crippen LogP contribution in [0, 0.1) is 28.6 Å². The number of carbonyl (C=O) groups is 3. The van der Waals surface area contributed by atoms with Crippen molar-refractivity contribution in [2.75, 3.05) is 18.4 Å². The number of amidine groups is 2. The summed E-state index contributed by atoms with van der Waals surface area (Å²) in [7, 11) is 0. The molecule has 3 aromatic rings. The van der Waals surface area contributed by atoms with Crippen molar-refractivity contribution in [1.29, 1.82) is 10.8 Å². The molecule has 4 atom stereocenters. The number of thioether (sulfide) groups is 1. The van der Waals surface area contributed by atoms with Gasteiger partial charge in [0, 0.05) is 83.9 Å². The highest BCUT2D eigenvalue weighted by Gasteiger charge is 2.42. The molecule has 3 amide bonds. The van der Waals surface area contributed by atoms with Gasteiger partial charge in [0.15, 0.2) is 0 Å². The summed E-state index contributed by atoms with van der Waals surface area (Å²) >= 11 is 7.78. The van der Waals surface area contributed by atoms with E-state index in [1.54, 1.807) is 34.6 Å². The van der Waals surface area contributed by atoms with E-state index in [0.29, 0.717) is 29.2 Å². The maximum Gasteiger partial charge on any atom is 0.255 e. The van der Waals surface area contributed by atoms with Crippen molar-refractivity contribution in [3.05, 3.63) is 116 Å². The third-order valence-electron chi connectivity index (χ3n) is 10.7. The van der Waals surface area contributed by atoms with Crippen LogP contribution in [0.1, 0.15) is 66.4 Å². The molecule has 3 unspecified atom stereocenters. The largest absolute Gasteiger partial charge is 0.361 e. The summed E-state index contributed by atoms with van der Waals surface area (Å²) < 4.78 is 0. The first-order chi connectivity index (χ1) is 26.9. The number of imide groups is 1. The van der Waals surface area contributed by atoms with Crippen LogP contribution in [0.3, 0.4) is 0 Å². The van der Waals surface area contributed by atoms with Gasteiger partial charge in [-0.2, -0.15) is 0 Å². The molecule has 4 N–H and O–H groups in total. The van der Waals surface area contributed by atoms with Gasteiger partial charge < -0.3 is 10.2 Å². The average Bonchev–Trinajstić information content (AvgIpc) is 3.63. The van der Waals surface area contributed by atoms with Gasteiger partial charge in [-0.15, -0.1) is 0 Å². The zero-order chi connectivity index (χ0) is 39.2. The van der Waals surface area contributed by atoms with Crippen LogP contribution in [0.2, 0.25) is 5.02 Å². The number of amides is 3. The maximum atomic E-state index is 13.2. The van der Waals surface area contributed by atoms with E-state index < -0.39 is 18.0 Å². The number of hydrogen-bond donors (Lipinski definition) is 4. The normalized spacial score (nSPS) is 23.4. The molecule has 0 saturated carbocycles. The van der Waals surface area contributed by atoms with Crippen molar-refractivity contribution in [2.45, 2.75) is 64.0 Å². The second-order valence-corrected chi connectivity index (χ2v) is 16.2. The van der Waals surface area contributed by atoms with E-state index >= 15 is 0 Å². The minimum atomic E-state index is -0.646. The van der Waals surface area contributed by atoms with Gasteiger partial charge in [0.1, 0.15) is 29.4 Å². The summed E-state index contributed by atoms with van der Waals surface area (Å²) in [5.41, 5.74) is 7.96. The number of nitrogens with zero attached hydrogens (tertiary/aromatic N) is 5. The predicted molar refractivity (Wildman–Crippen MR) is 219 cm³/mol. The number of hydrogen-bond acceptors (Lipinski definition) is 10. The molecule has 2 aromatic carbocycles. The molecule has 14 heteroatoms. The van der Waals surface area contributed by atoms with E-state index in [4.69, 9.17) is 27.4 Å². The Labute approximate surface area is 334 Å². The lowest BCUT2D eigenvalue weighted by atomic mass is 9.90. The number of pyridine rings is 1. The second kappa shape index (κ2) is 15.2. The van der Waals surface area contributed by atoms with Gasteiger partial charge in [0.2, 0.25) is 11.8 Å². The minimum absolute atomic E-state index is 0.0165. The number of benzene rings is 2. The van der Waals surface area contributed by atoms with Gasteiger partial charge in [0.05, 0.1) is 16.0 Å². The van der Waals surface area contributed by atoms with E-state index in [-0.39, 0.29) is 41.1 Å². The van der Waals surface area contributed by atoms with E-state index in [2.05, 4.69) is 45.3 Å².